The van der Waals surface area contributed by atoms with Crippen LogP contribution in [0.4, 0.5) is 0 Å². The minimum Gasteiger partial charge on any atom is -0.479 e. The van der Waals surface area contributed by atoms with Crippen molar-refractivity contribution < 1.29 is 14.6 Å². The molecule has 3 atom stereocenters. The molecule has 0 amide bonds. The molecule has 2 fully saturated rings. The molecule has 2 saturated heterocycles. The van der Waals surface area contributed by atoms with Crippen molar-refractivity contribution in [2.75, 3.05) is 33.7 Å². The van der Waals surface area contributed by atoms with Gasteiger partial charge in [0.2, 0.25) is 0 Å². The van der Waals surface area contributed by atoms with Crippen LogP contribution >= 0.6 is 0 Å². The van der Waals surface area contributed by atoms with Crippen molar-refractivity contribution >= 4 is 5.97 Å². The summed E-state index contributed by atoms with van der Waals surface area (Å²) in [6.45, 7) is 3.09. The van der Waals surface area contributed by atoms with E-state index in [2.05, 4.69) is 23.9 Å². The fraction of sp³-hybridized carbons (Fsp3) is 0.923. The third-order valence-electron chi connectivity index (χ3n) is 4.09. The number of carboxylic acids is 1. The van der Waals surface area contributed by atoms with E-state index in [1.807, 2.05) is 0 Å². The van der Waals surface area contributed by atoms with Crippen LogP contribution in [0.25, 0.3) is 0 Å². The Morgan fingerprint density at radius 3 is 2.72 bits per heavy atom. The molecule has 0 saturated carbocycles. The molecule has 0 aliphatic carbocycles. The molecule has 2 heterocycles. The van der Waals surface area contributed by atoms with Gasteiger partial charge in [-0.25, -0.2) is 4.79 Å². The Morgan fingerprint density at radius 2 is 2.17 bits per heavy atom. The van der Waals surface area contributed by atoms with Gasteiger partial charge in [0.1, 0.15) is 0 Å². The SMILES string of the molecule is CN(CC1CCC(C(=O)O)O1)CC1CCCN1C. The molecule has 0 bridgehead atoms. The number of hydrogen-bond acceptors (Lipinski definition) is 4. The Labute approximate surface area is 109 Å². The van der Waals surface area contributed by atoms with Gasteiger partial charge in [-0.3, -0.25) is 0 Å². The number of nitrogens with zero attached hydrogens (tertiary/aromatic N) is 2. The molecular formula is C13H24N2O3. The average molecular weight is 256 g/mol. The summed E-state index contributed by atoms with van der Waals surface area (Å²) < 4.78 is 5.53. The van der Waals surface area contributed by atoms with E-state index in [-0.39, 0.29) is 6.10 Å². The van der Waals surface area contributed by atoms with E-state index in [4.69, 9.17) is 9.84 Å². The predicted molar refractivity (Wildman–Crippen MR) is 68.7 cm³/mol. The summed E-state index contributed by atoms with van der Waals surface area (Å²) in [5.41, 5.74) is 0. The summed E-state index contributed by atoms with van der Waals surface area (Å²) in [6.07, 6.45) is 3.57. The second kappa shape index (κ2) is 5.99. The molecule has 18 heavy (non-hydrogen) atoms. The number of ether oxygens (including phenoxy) is 1. The van der Waals surface area contributed by atoms with E-state index < -0.39 is 12.1 Å². The van der Waals surface area contributed by atoms with Crippen LogP contribution in [0.5, 0.6) is 0 Å². The van der Waals surface area contributed by atoms with Crippen LogP contribution < -0.4 is 0 Å². The number of likely N-dealkylation sites (tertiary alicyclic amines) is 1. The number of aliphatic carboxylic acids is 1. The van der Waals surface area contributed by atoms with Crippen molar-refractivity contribution in [2.24, 2.45) is 0 Å². The zero-order chi connectivity index (χ0) is 13.1. The second-order valence-corrected chi connectivity index (χ2v) is 5.66. The van der Waals surface area contributed by atoms with Crippen LogP contribution in [-0.4, -0.2) is 72.9 Å². The number of likely N-dealkylation sites (N-methyl/N-ethyl adjacent to an activating group) is 2. The number of hydrogen-bond donors (Lipinski definition) is 1. The van der Waals surface area contributed by atoms with Crippen LogP contribution in [0.2, 0.25) is 0 Å². The van der Waals surface area contributed by atoms with Gasteiger partial charge in [0, 0.05) is 19.1 Å². The molecule has 0 radical (unpaired) electrons. The van der Waals surface area contributed by atoms with Crippen LogP contribution in [0, 0.1) is 0 Å². The molecular weight excluding hydrogens is 232 g/mol. The second-order valence-electron chi connectivity index (χ2n) is 5.66. The lowest BCUT2D eigenvalue weighted by molar-refractivity contribution is -0.149. The lowest BCUT2D eigenvalue weighted by Gasteiger charge is -2.27. The normalized spacial score (nSPS) is 33.4. The van der Waals surface area contributed by atoms with Crippen molar-refractivity contribution in [1.29, 1.82) is 0 Å². The Kier molecular flexibility index (Phi) is 4.59. The van der Waals surface area contributed by atoms with E-state index in [1.54, 1.807) is 0 Å². The number of rotatable bonds is 5. The molecule has 0 spiro atoms. The number of carbonyl (C=O) groups is 1. The molecule has 5 nitrogen and oxygen atoms in total. The molecule has 0 aromatic rings. The van der Waals surface area contributed by atoms with E-state index >= 15 is 0 Å². The van der Waals surface area contributed by atoms with Gasteiger partial charge in [-0.1, -0.05) is 0 Å². The van der Waals surface area contributed by atoms with E-state index in [1.165, 1.54) is 19.4 Å². The van der Waals surface area contributed by atoms with Gasteiger partial charge in [-0.05, 0) is 46.3 Å². The standard InChI is InChI=1S/C13H24N2O3/c1-14(8-10-4-3-7-15(10)2)9-11-5-6-12(18-11)13(16)17/h10-12H,3-9H2,1-2H3,(H,16,17). The van der Waals surface area contributed by atoms with Crippen LogP contribution in [0.3, 0.4) is 0 Å². The molecule has 5 heteroatoms. The van der Waals surface area contributed by atoms with Crippen molar-refractivity contribution in [3.05, 3.63) is 0 Å². The van der Waals surface area contributed by atoms with E-state index in [0.29, 0.717) is 12.5 Å². The molecule has 2 rings (SSSR count). The first-order chi connectivity index (χ1) is 8.56. The summed E-state index contributed by atoms with van der Waals surface area (Å²) in [4.78, 5) is 15.5. The van der Waals surface area contributed by atoms with Gasteiger partial charge in [0.25, 0.3) is 0 Å². The first-order valence-electron chi connectivity index (χ1n) is 6.83. The van der Waals surface area contributed by atoms with Crippen LogP contribution in [-0.2, 0) is 9.53 Å². The quantitative estimate of drug-likeness (QED) is 0.782. The Hall–Kier alpha value is -0.650. The highest BCUT2D eigenvalue weighted by atomic mass is 16.5. The fourth-order valence-electron chi connectivity index (χ4n) is 3.01. The highest BCUT2D eigenvalue weighted by molar-refractivity contribution is 5.72. The molecule has 1 N–H and O–H groups in total. The van der Waals surface area contributed by atoms with Gasteiger partial charge < -0.3 is 19.6 Å². The van der Waals surface area contributed by atoms with Gasteiger partial charge in [0.15, 0.2) is 6.10 Å². The summed E-state index contributed by atoms with van der Waals surface area (Å²) in [5.74, 6) is -0.823. The monoisotopic (exact) mass is 256 g/mol. The first-order valence-corrected chi connectivity index (χ1v) is 6.83. The lowest BCUT2D eigenvalue weighted by atomic mass is 10.1. The third-order valence-corrected chi connectivity index (χ3v) is 4.09. The van der Waals surface area contributed by atoms with Gasteiger partial charge in [-0.2, -0.15) is 0 Å². The summed E-state index contributed by atoms with van der Waals surface area (Å²) >= 11 is 0. The van der Waals surface area contributed by atoms with Gasteiger partial charge >= 0.3 is 5.97 Å². The summed E-state index contributed by atoms with van der Waals surface area (Å²) in [6, 6.07) is 0.645. The zero-order valence-electron chi connectivity index (χ0n) is 11.3. The highest BCUT2D eigenvalue weighted by Crippen LogP contribution is 2.21. The topological polar surface area (TPSA) is 53.0 Å². The van der Waals surface area contributed by atoms with Crippen molar-refractivity contribution in [3.8, 4) is 0 Å². The zero-order valence-corrected chi connectivity index (χ0v) is 11.3. The van der Waals surface area contributed by atoms with Crippen molar-refractivity contribution in [1.82, 2.24) is 9.80 Å². The molecule has 104 valence electrons. The minimum absolute atomic E-state index is 0.0859. The van der Waals surface area contributed by atoms with Gasteiger partial charge in [0.05, 0.1) is 6.10 Å². The Bertz CT molecular complexity index is 298. The largest absolute Gasteiger partial charge is 0.479 e. The maximum atomic E-state index is 10.8. The maximum absolute atomic E-state index is 10.8. The highest BCUT2D eigenvalue weighted by Gasteiger charge is 2.31. The average Bonchev–Trinajstić information content (AvgIpc) is 2.89. The molecule has 0 aromatic heterocycles. The summed E-state index contributed by atoms with van der Waals surface area (Å²) in [7, 11) is 4.28. The summed E-state index contributed by atoms with van der Waals surface area (Å²) in [5, 5.41) is 8.88. The predicted octanol–water partition coefficient (Wildman–Crippen LogP) is 0.645. The van der Waals surface area contributed by atoms with Gasteiger partial charge in [-0.15, -0.1) is 0 Å². The van der Waals surface area contributed by atoms with Crippen molar-refractivity contribution in [2.45, 2.75) is 43.9 Å². The smallest absolute Gasteiger partial charge is 0.332 e. The lowest BCUT2D eigenvalue weighted by Crippen LogP contribution is -2.40. The van der Waals surface area contributed by atoms with E-state index in [0.717, 1.165) is 19.5 Å². The fourth-order valence-corrected chi connectivity index (χ4v) is 3.01. The molecule has 0 aromatic carbocycles. The van der Waals surface area contributed by atoms with Crippen LogP contribution in [0.1, 0.15) is 25.7 Å². The Morgan fingerprint density at radius 1 is 1.39 bits per heavy atom. The molecule has 2 aliphatic heterocycles. The van der Waals surface area contributed by atoms with Crippen LogP contribution in [0.15, 0.2) is 0 Å². The number of carboxylic acid groups (broad SMARTS) is 1. The third kappa shape index (κ3) is 3.43. The van der Waals surface area contributed by atoms with E-state index in [9.17, 15) is 4.79 Å². The minimum atomic E-state index is -0.823. The van der Waals surface area contributed by atoms with Crippen molar-refractivity contribution in [3.63, 3.8) is 0 Å². The maximum Gasteiger partial charge on any atom is 0.332 e. The first kappa shape index (κ1) is 13.8. The molecule has 2 aliphatic rings. The molecule has 3 unspecified atom stereocenters. The Balaban J connectivity index is 1.71.